The second-order valence-electron chi connectivity index (χ2n) is 14.9. The molecule has 0 radical (unpaired) electrons. The van der Waals surface area contributed by atoms with E-state index >= 15 is 0 Å². The molecule has 0 atom stereocenters. The van der Waals surface area contributed by atoms with Gasteiger partial charge >= 0.3 is 0 Å². The molecule has 0 aliphatic heterocycles. The van der Waals surface area contributed by atoms with Crippen LogP contribution >= 0.6 is 0 Å². The molecule has 8 aromatic carbocycles. The van der Waals surface area contributed by atoms with E-state index in [2.05, 4.69) is 116 Å². The summed E-state index contributed by atoms with van der Waals surface area (Å²) in [5.41, 5.74) is 14.0. The van der Waals surface area contributed by atoms with Crippen molar-refractivity contribution < 1.29 is 0 Å². The molecule has 0 amide bonds. The molecule has 7 heteroatoms. The Morgan fingerprint density at radius 3 is 1.77 bits per heavy atom. The van der Waals surface area contributed by atoms with Gasteiger partial charge in [-0.25, -0.2) is 14.5 Å². The number of benzene rings is 8. The van der Waals surface area contributed by atoms with E-state index in [0.29, 0.717) is 28.2 Å². The molecular formula is C54H29N7. The third kappa shape index (κ3) is 5.69. The van der Waals surface area contributed by atoms with Gasteiger partial charge in [-0.05, 0) is 95.4 Å². The molecule has 280 valence electrons. The highest BCUT2D eigenvalue weighted by atomic mass is 15.0. The maximum atomic E-state index is 10.0. The molecule has 61 heavy (non-hydrogen) atoms. The smallest absolute Gasteiger partial charge is 0.211 e. The molecule has 0 bridgehead atoms. The molecule has 0 N–H and O–H groups in total. The fourth-order valence-corrected chi connectivity index (χ4v) is 8.80. The van der Waals surface area contributed by atoms with Crippen molar-refractivity contribution >= 4 is 60.7 Å². The Morgan fingerprint density at radius 2 is 1.10 bits per heavy atom. The average Bonchev–Trinajstić information content (AvgIpc) is 3.82. The molecule has 7 nitrogen and oxygen atoms in total. The predicted octanol–water partition coefficient (Wildman–Crippen LogP) is 14.6. The summed E-state index contributed by atoms with van der Waals surface area (Å²) < 4.78 is 4.48. The van der Waals surface area contributed by atoms with E-state index in [0.717, 1.165) is 93.9 Å². The van der Waals surface area contributed by atoms with Crippen LogP contribution in [-0.4, -0.2) is 9.13 Å². The number of nitriles is 2. The number of nitrogens with zero attached hydrogens (tertiary/aromatic N) is 7. The minimum absolute atomic E-state index is 0.423. The van der Waals surface area contributed by atoms with Crippen LogP contribution < -0.4 is 0 Å². The van der Waals surface area contributed by atoms with Crippen LogP contribution in [0.25, 0.3) is 103 Å². The lowest BCUT2D eigenvalue weighted by Gasteiger charge is -2.20. The Morgan fingerprint density at radius 1 is 0.459 bits per heavy atom. The zero-order valence-corrected chi connectivity index (χ0v) is 32.6. The van der Waals surface area contributed by atoms with Crippen LogP contribution in [0, 0.1) is 49.3 Å². The van der Waals surface area contributed by atoms with Crippen LogP contribution in [0.3, 0.4) is 0 Å². The van der Waals surface area contributed by atoms with E-state index in [-0.39, 0.29) is 0 Å². The van der Waals surface area contributed by atoms with Crippen LogP contribution in [0.5, 0.6) is 0 Å². The molecule has 0 spiro atoms. The Bertz CT molecular complexity index is 3730. The third-order valence-corrected chi connectivity index (χ3v) is 11.5. The molecule has 0 fully saturated rings. The van der Waals surface area contributed by atoms with Gasteiger partial charge in [0.25, 0.3) is 0 Å². The Kier molecular flexibility index (Phi) is 8.49. The van der Waals surface area contributed by atoms with Crippen molar-refractivity contribution in [1.29, 1.82) is 10.5 Å². The summed E-state index contributed by atoms with van der Waals surface area (Å²) in [5, 5.41) is 23.6. The number of hydrogen-bond donors (Lipinski definition) is 0. The van der Waals surface area contributed by atoms with Gasteiger partial charge < -0.3 is 9.13 Å². The first-order chi connectivity index (χ1) is 29.9. The zero-order valence-electron chi connectivity index (χ0n) is 32.6. The molecule has 10 aromatic rings. The van der Waals surface area contributed by atoms with Gasteiger partial charge in [0.15, 0.2) is 11.4 Å². The maximum absolute atomic E-state index is 10.0. The lowest BCUT2D eigenvalue weighted by molar-refractivity contribution is 1.16. The summed E-state index contributed by atoms with van der Waals surface area (Å²) in [6, 6.07) is 56.2. The lowest BCUT2D eigenvalue weighted by Crippen LogP contribution is -2.02. The average molecular weight is 776 g/mol. The summed E-state index contributed by atoms with van der Waals surface area (Å²) in [4.78, 5) is 11.4. The van der Waals surface area contributed by atoms with E-state index in [1.165, 1.54) is 0 Å². The second kappa shape index (κ2) is 14.3. The highest BCUT2D eigenvalue weighted by Gasteiger charge is 2.23. The van der Waals surface area contributed by atoms with Crippen molar-refractivity contribution in [2.24, 2.45) is 0 Å². The van der Waals surface area contributed by atoms with E-state index < -0.39 is 0 Å². The molecule has 2 aromatic heterocycles. The third-order valence-electron chi connectivity index (χ3n) is 11.5. The molecule has 0 saturated heterocycles. The monoisotopic (exact) mass is 775 g/mol. The first-order valence-electron chi connectivity index (χ1n) is 19.5. The summed E-state index contributed by atoms with van der Waals surface area (Å²) >= 11 is 0. The molecular weight excluding hydrogens is 747 g/mol. The Hall–Kier alpha value is -9.19. The Labute approximate surface area is 351 Å². The van der Waals surface area contributed by atoms with Gasteiger partial charge in [0, 0.05) is 27.1 Å². The predicted molar refractivity (Wildman–Crippen MR) is 244 cm³/mol. The number of aryl methyl sites for hydroxylation is 1. The largest absolute Gasteiger partial charge is 0.318 e. The summed E-state index contributed by atoms with van der Waals surface area (Å²) in [6.45, 7) is 25.9. The number of fused-ring (bicyclic) bond motifs is 6. The van der Waals surface area contributed by atoms with E-state index in [1.54, 1.807) is 24.3 Å². The van der Waals surface area contributed by atoms with Crippen LogP contribution in [0.2, 0.25) is 0 Å². The van der Waals surface area contributed by atoms with Crippen LogP contribution in [0.4, 0.5) is 17.1 Å². The van der Waals surface area contributed by atoms with Crippen molar-refractivity contribution in [3.05, 3.63) is 209 Å². The summed E-state index contributed by atoms with van der Waals surface area (Å²) in [5.74, 6) is 0. The van der Waals surface area contributed by atoms with Crippen molar-refractivity contribution in [2.75, 3.05) is 0 Å². The van der Waals surface area contributed by atoms with Gasteiger partial charge in [-0.1, -0.05) is 103 Å². The lowest BCUT2D eigenvalue weighted by atomic mass is 9.96. The number of rotatable bonds is 5. The van der Waals surface area contributed by atoms with Gasteiger partial charge in [-0.2, -0.15) is 10.5 Å². The van der Waals surface area contributed by atoms with E-state index in [1.807, 2.05) is 60.7 Å². The first-order valence-corrected chi connectivity index (χ1v) is 19.5. The summed E-state index contributed by atoms with van der Waals surface area (Å²) in [7, 11) is 0. The summed E-state index contributed by atoms with van der Waals surface area (Å²) in [6.07, 6.45) is 0. The van der Waals surface area contributed by atoms with Crippen LogP contribution in [0.1, 0.15) is 16.7 Å². The normalized spacial score (nSPS) is 11.0. The van der Waals surface area contributed by atoms with E-state index in [9.17, 15) is 10.5 Å². The van der Waals surface area contributed by atoms with Gasteiger partial charge in [0.1, 0.15) is 0 Å². The molecule has 0 aliphatic carbocycles. The molecule has 2 heterocycles. The highest BCUT2D eigenvalue weighted by Crippen LogP contribution is 2.46. The highest BCUT2D eigenvalue weighted by molar-refractivity contribution is 6.13. The standard InChI is InChI=1S/C54H29N7/c1-33-16-23-51(60-49-14-7-5-10-41(49)45-28-35(18-24-52(45)60)39-21-17-34(31-55)27-37(39)32-56)44(26-33)43-12-9-13-47(58-3)54(43)61-50-15-8-6-11-42(50)46-29-36(19-25-53(46)61)40-22-20-38(57-2)30-48(40)59-4/h5-30H,1H3. The van der Waals surface area contributed by atoms with E-state index in [4.69, 9.17) is 19.7 Å². The van der Waals surface area contributed by atoms with Gasteiger partial charge in [0.2, 0.25) is 5.69 Å². The fraction of sp³-hybridized carbons (Fsp3) is 0.0185. The van der Waals surface area contributed by atoms with Crippen molar-refractivity contribution in [3.63, 3.8) is 0 Å². The Balaban J connectivity index is 1.23. The quantitative estimate of drug-likeness (QED) is 0.163. The van der Waals surface area contributed by atoms with Crippen molar-refractivity contribution in [3.8, 4) is 56.9 Å². The fourth-order valence-electron chi connectivity index (χ4n) is 8.80. The van der Waals surface area contributed by atoms with Crippen molar-refractivity contribution in [1.82, 2.24) is 9.13 Å². The second-order valence-corrected chi connectivity index (χ2v) is 14.9. The van der Waals surface area contributed by atoms with Crippen molar-refractivity contribution in [2.45, 2.75) is 6.92 Å². The minimum atomic E-state index is 0.423. The molecule has 0 saturated carbocycles. The molecule has 0 aliphatic rings. The number of aromatic nitrogens is 2. The maximum Gasteiger partial charge on any atom is 0.211 e. The van der Waals surface area contributed by atoms with Gasteiger partial charge in [0.05, 0.1) is 76.4 Å². The number of hydrogen-bond acceptors (Lipinski definition) is 2. The zero-order chi connectivity index (χ0) is 41.8. The topological polar surface area (TPSA) is 70.5 Å². The number of para-hydroxylation sites is 3. The SMILES string of the molecule is [C-]#[N+]c1ccc(-c2ccc3c(c2)c2ccccc2n3-c2c([N+]#[C-])cccc2-c2cc(C)ccc2-n2c3ccccc3c3cc(-c4ccc(C#N)cc4C#N)ccc32)c([N+]#[C-])c1. The van der Waals surface area contributed by atoms with Gasteiger partial charge in [-0.15, -0.1) is 0 Å². The van der Waals surface area contributed by atoms with Gasteiger partial charge in [-0.3, -0.25) is 0 Å². The molecule has 0 unspecified atom stereocenters. The molecule has 10 rings (SSSR count). The van der Waals surface area contributed by atoms with Crippen LogP contribution in [0.15, 0.2) is 158 Å². The minimum Gasteiger partial charge on any atom is -0.318 e. The first kappa shape index (κ1) is 36.2. The van der Waals surface area contributed by atoms with Crippen LogP contribution in [-0.2, 0) is 0 Å².